The lowest BCUT2D eigenvalue weighted by atomic mass is 10.1. The van der Waals surface area contributed by atoms with Gasteiger partial charge < -0.3 is 9.88 Å². The van der Waals surface area contributed by atoms with Crippen molar-refractivity contribution in [2.45, 2.75) is 39.3 Å². The summed E-state index contributed by atoms with van der Waals surface area (Å²) in [5.41, 5.74) is 3.08. The summed E-state index contributed by atoms with van der Waals surface area (Å²) in [6.45, 7) is 6.26. The van der Waals surface area contributed by atoms with Crippen LogP contribution in [0.5, 0.6) is 0 Å². The predicted octanol–water partition coefficient (Wildman–Crippen LogP) is 4.04. The van der Waals surface area contributed by atoms with Gasteiger partial charge >= 0.3 is 0 Å². The second-order valence-electron chi connectivity index (χ2n) is 6.37. The first-order valence-electron chi connectivity index (χ1n) is 8.36. The van der Waals surface area contributed by atoms with Crippen LogP contribution in [0, 0.1) is 0 Å². The van der Waals surface area contributed by atoms with Gasteiger partial charge in [0.1, 0.15) is 5.82 Å². The van der Waals surface area contributed by atoms with Gasteiger partial charge in [-0.05, 0) is 38.5 Å². The van der Waals surface area contributed by atoms with Crippen LogP contribution in [0.1, 0.15) is 44.2 Å². The molecule has 3 aromatic rings. The first-order valence-corrected chi connectivity index (χ1v) is 8.36. The summed E-state index contributed by atoms with van der Waals surface area (Å²) in [7, 11) is 0. The minimum Gasteiger partial charge on any atom is -0.346 e. The number of rotatable bonds is 5. The van der Waals surface area contributed by atoms with Gasteiger partial charge in [-0.2, -0.15) is 0 Å². The Morgan fingerprint density at radius 2 is 1.71 bits per heavy atom. The zero-order valence-corrected chi connectivity index (χ0v) is 14.4. The third-order valence-electron chi connectivity index (χ3n) is 4.11. The van der Waals surface area contributed by atoms with E-state index in [1.54, 1.807) is 0 Å². The smallest absolute Gasteiger partial charge is 0.224 e. The molecule has 3 rings (SSSR count). The van der Waals surface area contributed by atoms with E-state index >= 15 is 0 Å². The van der Waals surface area contributed by atoms with Crippen molar-refractivity contribution in [3.8, 4) is 0 Å². The van der Waals surface area contributed by atoms with Gasteiger partial charge in [0.25, 0.3) is 0 Å². The van der Waals surface area contributed by atoms with Crippen molar-refractivity contribution in [1.29, 1.82) is 0 Å². The maximum Gasteiger partial charge on any atom is 0.224 e. The van der Waals surface area contributed by atoms with Crippen LogP contribution < -0.4 is 5.32 Å². The molecule has 1 heterocycles. The number of fused-ring (bicyclic) bond motifs is 1. The highest BCUT2D eigenvalue weighted by Crippen LogP contribution is 2.24. The maximum absolute atomic E-state index is 12.3. The Balaban J connectivity index is 1.82. The largest absolute Gasteiger partial charge is 0.346 e. The molecule has 4 heteroatoms. The number of aromatic nitrogens is 2. The van der Waals surface area contributed by atoms with Crippen LogP contribution in [0.15, 0.2) is 54.6 Å². The van der Waals surface area contributed by atoms with Crippen LogP contribution in [-0.4, -0.2) is 15.5 Å². The van der Waals surface area contributed by atoms with E-state index in [2.05, 4.69) is 29.8 Å². The molecule has 0 aliphatic rings. The van der Waals surface area contributed by atoms with E-state index < -0.39 is 0 Å². The average molecular weight is 321 g/mol. The van der Waals surface area contributed by atoms with Gasteiger partial charge in [0.05, 0.1) is 23.5 Å². The van der Waals surface area contributed by atoms with Crippen molar-refractivity contribution in [3.05, 3.63) is 66.0 Å². The molecule has 0 aliphatic carbocycles. The highest BCUT2D eigenvalue weighted by atomic mass is 16.1. The summed E-state index contributed by atoms with van der Waals surface area (Å²) >= 11 is 0. The van der Waals surface area contributed by atoms with Crippen molar-refractivity contribution < 1.29 is 4.79 Å². The summed E-state index contributed by atoms with van der Waals surface area (Å²) in [6.07, 6.45) is 0.382. The average Bonchev–Trinajstić information content (AvgIpc) is 2.95. The van der Waals surface area contributed by atoms with Gasteiger partial charge in [-0.15, -0.1) is 0 Å². The van der Waals surface area contributed by atoms with Crippen LogP contribution in [0.4, 0.5) is 0 Å². The third kappa shape index (κ3) is 3.32. The van der Waals surface area contributed by atoms with Gasteiger partial charge in [-0.1, -0.05) is 42.5 Å². The lowest BCUT2D eigenvalue weighted by Gasteiger charge is -2.18. The standard InChI is InChI=1S/C20H23N3O/c1-14(2)23-18-12-8-7-11-17(18)22-20(23)15(3)21-19(24)13-16-9-5-4-6-10-16/h4-12,14-15H,13H2,1-3H3,(H,21,24)/t15-/m1/s1. The molecule has 1 atom stereocenters. The minimum absolute atomic E-state index is 0.0102. The van der Waals surface area contributed by atoms with Crippen molar-refractivity contribution in [3.63, 3.8) is 0 Å². The molecule has 0 unspecified atom stereocenters. The number of imidazole rings is 1. The number of nitrogens with zero attached hydrogens (tertiary/aromatic N) is 2. The fourth-order valence-electron chi connectivity index (χ4n) is 3.05. The molecule has 0 spiro atoms. The SMILES string of the molecule is CC(C)n1c([C@@H](C)NC(=O)Cc2ccccc2)nc2ccccc21. The van der Waals surface area contributed by atoms with Gasteiger partial charge in [0.2, 0.25) is 5.91 Å². The lowest BCUT2D eigenvalue weighted by Crippen LogP contribution is -2.30. The van der Waals surface area contributed by atoms with Crippen molar-refractivity contribution >= 4 is 16.9 Å². The molecule has 0 bridgehead atoms. The van der Waals surface area contributed by atoms with Gasteiger partial charge in [0.15, 0.2) is 0 Å². The lowest BCUT2D eigenvalue weighted by molar-refractivity contribution is -0.121. The Kier molecular flexibility index (Phi) is 4.65. The van der Waals surface area contributed by atoms with Crippen molar-refractivity contribution in [2.75, 3.05) is 0 Å². The van der Waals surface area contributed by atoms with E-state index in [-0.39, 0.29) is 18.0 Å². The molecule has 0 aliphatic heterocycles. The third-order valence-corrected chi connectivity index (χ3v) is 4.11. The number of hydrogen-bond acceptors (Lipinski definition) is 2. The highest BCUT2D eigenvalue weighted by Gasteiger charge is 2.19. The Bertz CT molecular complexity index is 836. The second kappa shape index (κ2) is 6.87. The zero-order chi connectivity index (χ0) is 17.1. The summed E-state index contributed by atoms with van der Waals surface area (Å²) in [6, 6.07) is 18.0. The van der Waals surface area contributed by atoms with E-state index in [1.807, 2.05) is 55.5 Å². The molecule has 124 valence electrons. The molecule has 0 saturated carbocycles. The summed E-state index contributed by atoms with van der Waals surface area (Å²) in [5.74, 6) is 0.906. The first kappa shape index (κ1) is 16.2. The topological polar surface area (TPSA) is 46.9 Å². The highest BCUT2D eigenvalue weighted by molar-refractivity contribution is 5.79. The van der Waals surface area contributed by atoms with E-state index in [4.69, 9.17) is 4.98 Å². The number of carbonyl (C=O) groups excluding carboxylic acids is 1. The molecular formula is C20H23N3O. The number of amides is 1. The van der Waals surface area contributed by atoms with E-state index in [0.29, 0.717) is 6.42 Å². The van der Waals surface area contributed by atoms with Crippen LogP contribution in [0.25, 0.3) is 11.0 Å². The second-order valence-corrected chi connectivity index (χ2v) is 6.37. The van der Waals surface area contributed by atoms with Crippen LogP contribution in [-0.2, 0) is 11.2 Å². The van der Waals surface area contributed by atoms with Crippen LogP contribution in [0.3, 0.4) is 0 Å². The molecule has 4 nitrogen and oxygen atoms in total. The van der Waals surface area contributed by atoms with Crippen molar-refractivity contribution in [1.82, 2.24) is 14.9 Å². The number of carbonyl (C=O) groups is 1. The predicted molar refractivity (Wildman–Crippen MR) is 96.8 cm³/mol. The number of benzene rings is 2. The Labute approximate surface area is 142 Å². The fraction of sp³-hybridized carbons (Fsp3) is 0.300. The quantitative estimate of drug-likeness (QED) is 0.771. The van der Waals surface area contributed by atoms with E-state index in [1.165, 1.54) is 0 Å². The van der Waals surface area contributed by atoms with Crippen LogP contribution in [0.2, 0.25) is 0 Å². The Morgan fingerprint density at radius 3 is 2.42 bits per heavy atom. The summed E-state index contributed by atoms with van der Waals surface area (Å²) in [5, 5.41) is 3.08. The maximum atomic E-state index is 12.3. The van der Waals surface area contributed by atoms with Crippen LogP contribution >= 0.6 is 0 Å². The molecule has 1 N–H and O–H groups in total. The number of hydrogen-bond donors (Lipinski definition) is 1. The summed E-state index contributed by atoms with van der Waals surface area (Å²) in [4.78, 5) is 17.1. The summed E-state index contributed by atoms with van der Waals surface area (Å²) < 4.78 is 2.20. The Hall–Kier alpha value is -2.62. The molecule has 0 saturated heterocycles. The fourth-order valence-corrected chi connectivity index (χ4v) is 3.05. The first-order chi connectivity index (χ1) is 11.6. The monoisotopic (exact) mass is 321 g/mol. The van der Waals surface area contributed by atoms with E-state index in [9.17, 15) is 4.79 Å². The van der Waals surface area contributed by atoms with Crippen molar-refractivity contribution in [2.24, 2.45) is 0 Å². The van der Waals surface area contributed by atoms with E-state index in [0.717, 1.165) is 22.4 Å². The molecule has 2 aromatic carbocycles. The molecule has 1 amide bonds. The van der Waals surface area contributed by atoms with Gasteiger partial charge in [-0.3, -0.25) is 4.79 Å². The molecule has 1 aromatic heterocycles. The molecule has 0 radical (unpaired) electrons. The minimum atomic E-state index is -0.143. The van der Waals surface area contributed by atoms with Gasteiger partial charge in [0, 0.05) is 6.04 Å². The molecule has 24 heavy (non-hydrogen) atoms. The molecular weight excluding hydrogens is 298 g/mol. The Morgan fingerprint density at radius 1 is 1.04 bits per heavy atom. The molecule has 0 fully saturated rings. The van der Waals surface area contributed by atoms with Gasteiger partial charge in [-0.25, -0.2) is 4.98 Å². The number of nitrogens with one attached hydrogen (secondary N) is 1. The normalized spacial score (nSPS) is 12.5. The zero-order valence-electron chi connectivity index (χ0n) is 14.4. The number of para-hydroxylation sites is 2.